The van der Waals surface area contributed by atoms with Gasteiger partial charge in [-0.05, 0) is 68.1 Å². The standard InChI is InChI=1S/C17H19Cl2NO/c1-10-6-15(7-11(2)17(10)19)21-14-5-4-13(8-12(3)20)16(18)9-14/h4-7,9,12H,8,20H2,1-3H3. The Balaban J connectivity index is 2.22. The lowest BCUT2D eigenvalue weighted by Gasteiger charge is -2.12. The van der Waals surface area contributed by atoms with Crippen LogP contribution < -0.4 is 10.5 Å². The van der Waals surface area contributed by atoms with Crippen molar-refractivity contribution < 1.29 is 4.74 Å². The second-order valence-corrected chi connectivity index (χ2v) is 6.19. The zero-order valence-electron chi connectivity index (χ0n) is 12.4. The van der Waals surface area contributed by atoms with Crippen LogP contribution in [0.5, 0.6) is 11.5 Å². The molecule has 2 aromatic carbocycles. The summed E-state index contributed by atoms with van der Waals surface area (Å²) in [7, 11) is 0. The van der Waals surface area contributed by atoms with E-state index in [4.69, 9.17) is 33.7 Å². The summed E-state index contributed by atoms with van der Waals surface area (Å²) in [6.07, 6.45) is 0.748. The van der Waals surface area contributed by atoms with Gasteiger partial charge in [-0.2, -0.15) is 0 Å². The van der Waals surface area contributed by atoms with Gasteiger partial charge >= 0.3 is 0 Å². The van der Waals surface area contributed by atoms with E-state index in [1.54, 1.807) is 0 Å². The van der Waals surface area contributed by atoms with E-state index < -0.39 is 0 Å². The maximum absolute atomic E-state index is 6.27. The van der Waals surface area contributed by atoms with Crippen molar-refractivity contribution in [2.45, 2.75) is 33.2 Å². The highest BCUT2D eigenvalue weighted by atomic mass is 35.5. The molecule has 0 amide bonds. The molecule has 0 saturated heterocycles. The van der Waals surface area contributed by atoms with Crippen LogP contribution >= 0.6 is 23.2 Å². The van der Waals surface area contributed by atoms with Crippen LogP contribution in [0.25, 0.3) is 0 Å². The minimum Gasteiger partial charge on any atom is -0.457 e. The Morgan fingerprint density at radius 2 is 1.67 bits per heavy atom. The van der Waals surface area contributed by atoms with Gasteiger partial charge < -0.3 is 10.5 Å². The zero-order chi connectivity index (χ0) is 15.6. The Morgan fingerprint density at radius 3 is 2.19 bits per heavy atom. The normalized spacial score (nSPS) is 12.3. The number of ether oxygens (including phenoxy) is 1. The van der Waals surface area contributed by atoms with Crippen LogP contribution in [0.4, 0.5) is 0 Å². The molecule has 0 aliphatic heterocycles. The highest BCUT2D eigenvalue weighted by molar-refractivity contribution is 6.32. The van der Waals surface area contributed by atoms with Crippen molar-refractivity contribution in [2.75, 3.05) is 0 Å². The molecule has 1 unspecified atom stereocenters. The number of rotatable bonds is 4. The van der Waals surface area contributed by atoms with Crippen LogP contribution in [-0.4, -0.2) is 6.04 Å². The maximum Gasteiger partial charge on any atom is 0.128 e. The highest BCUT2D eigenvalue weighted by Crippen LogP contribution is 2.31. The molecular weight excluding hydrogens is 305 g/mol. The molecule has 2 aromatic rings. The molecule has 0 aromatic heterocycles. The van der Waals surface area contributed by atoms with E-state index in [1.165, 1.54) is 0 Å². The maximum atomic E-state index is 6.27. The van der Waals surface area contributed by atoms with Crippen molar-refractivity contribution in [2.24, 2.45) is 5.73 Å². The highest BCUT2D eigenvalue weighted by Gasteiger charge is 2.08. The monoisotopic (exact) mass is 323 g/mol. The Kier molecular flexibility index (Phi) is 5.15. The van der Waals surface area contributed by atoms with Gasteiger partial charge in [0.2, 0.25) is 0 Å². The molecule has 0 aliphatic carbocycles. The second kappa shape index (κ2) is 6.69. The third-order valence-electron chi connectivity index (χ3n) is 3.21. The molecule has 0 heterocycles. The van der Waals surface area contributed by atoms with Crippen LogP contribution in [0.3, 0.4) is 0 Å². The van der Waals surface area contributed by atoms with E-state index in [1.807, 2.05) is 51.1 Å². The van der Waals surface area contributed by atoms with E-state index in [0.29, 0.717) is 10.8 Å². The molecule has 0 radical (unpaired) electrons. The summed E-state index contributed by atoms with van der Waals surface area (Å²) in [5.41, 5.74) is 8.81. The average Bonchev–Trinajstić information content (AvgIpc) is 2.39. The fraction of sp³-hybridized carbons (Fsp3) is 0.294. The van der Waals surface area contributed by atoms with Gasteiger partial charge in [-0.1, -0.05) is 29.3 Å². The van der Waals surface area contributed by atoms with Gasteiger partial charge in [0, 0.05) is 16.1 Å². The quantitative estimate of drug-likeness (QED) is 0.829. The first kappa shape index (κ1) is 16.2. The molecular formula is C17H19Cl2NO. The summed E-state index contributed by atoms with van der Waals surface area (Å²) in [6, 6.07) is 9.59. The first-order valence-electron chi connectivity index (χ1n) is 6.85. The van der Waals surface area contributed by atoms with Crippen molar-refractivity contribution in [1.82, 2.24) is 0 Å². The largest absolute Gasteiger partial charge is 0.457 e. The van der Waals surface area contributed by atoms with Crippen molar-refractivity contribution in [3.63, 3.8) is 0 Å². The first-order chi connectivity index (χ1) is 9.86. The molecule has 0 saturated carbocycles. The minimum absolute atomic E-state index is 0.0795. The summed E-state index contributed by atoms with van der Waals surface area (Å²) in [5.74, 6) is 1.46. The Hall–Kier alpha value is -1.22. The van der Waals surface area contributed by atoms with E-state index in [-0.39, 0.29) is 6.04 Å². The summed E-state index contributed by atoms with van der Waals surface area (Å²) in [4.78, 5) is 0. The van der Waals surface area contributed by atoms with E-state index in [9.17, 15) is 0 Å². The van der Waals surface area contributed by atoms with Crippen LogP contribution in [0, 0.1) is 13.8 Å². The fourth-order valence-electron chi connectivity index (χ4n) is 2.21. The van der Waals surface area contributed by atoms with Crippen molar-refractivity contribution in [3.05, 3.63) is 57.1 Å². The Bertz CT molecular complexity index is 630. The van der Waals surface area contributed by atoms with Gasteiger partial charge in [0.05, 0.1) is 0 Å². The van der Waals surface area contributed by atoms with Gasteiger partial charge in [-0.3, -0.25) is 0 Å². The molecule has 112 valence electrons. The van der Waals surface area contributed by atoms with Gasteiger partial charge in [-0.25, -0.2) is 0 Å². The summed E-state index contributed by atoms with van der Waals surface area (Å²) < 4.78 is 5.86. The summed E-state index contributed by atoms with van der Waals surface area (Å²) >= 11 is 12.4. The smallest absolute Gasteiger partial charge is 0.128 e. The molecule has 2 rings (SSSR count). The average molecular weight is 324 g/mol. The van der Waals surface area contributed by atoms with E-state index >= 15 is 0 Å². The second-order valence-electron chi connectivity index (χ2n) is 5.41. The number of nitrogens with two attached hydrogens (primary N) is 1. The number of hydrogen-bond acceptors (Lipinski definition) is 2. The van der Waals surface area contributed by atoms with Crippen LogP contribution in [0.1, 0.15) is 23.6 Å². The van der Waals surface area contributed by atoms with E-state index in [2.05, 4.69) is 0 Å². The summed E-state index contributed by atoms with van der Waals surface area (Å²) in [5, 5.41) is 1.44. The zero-order valence-corrected chi connectivity index (χ0v) is 13.9. The molecule has 1 atom stereocenters. The lowest BCUT2D eigenvalue weighted by molar-refractivity contribution is 0.481. The topological polar surface area (TPSA) is 35.2 Å². The molecule has 0 bridgehead atoms. The van der Waals surface area contributed by atoms with Gasteiger partial charge in [0.1, 0.15) is 11.5 Å². The third-order valence-corrected chi connectivity index (χ3v) is 4.16. The summed E-state index contributed by atoms with van der Waals surface area (Å²) in [6.45, 7) is 5.88. The van der Waals surface area contributed by atoms with Crippen LogP contribution in [0.2, 0.25) is 10.0 Å². The number of aryl methyl sites for hydroxylation is 2. The van der Waals surface area contributed by atoms with Gasteiger partial charge in [0.25, 0.3) is 0 Å². The molecule has 0 fully saturated rings. The van der Waals surface area contributed by atoms with Crippen LogP contribution in [-0.2, 0) is 6.42 Å². The molecule has 21 heavy (non-hydrogen) atoms. The molecule has 2 nitrogen and oxygen atoms in total. The fourth-order valence-corrected chi connectivity index (χ4v) is 2.56. The van der Waals surface area contributed by atoms with E-state index in [0.717, 1.165) is 33.9 Å². The molecule has 2 N–H and O–H groups in total. The van der Waals surface area contributed by atoms with Crippen molar-refractivity contribution in [3.8, 4) is 11.5 Å². The number of halogens is 2. The first-order valence-corrected chi connectivity index (χ1v) is 7.61. The SMILES string of the molecule is Cc1cc(Oc2ccc(CC(C)N)c(Cl)c2)cc(C)c1Cl. The molecule has 0 spiro atoms. The van der Waals surface area contributed by atoms with Gasteiger partial charge in [-0.15, -0.1) is 0 Å². The predicted molar refractivity (Wildman–Crippen MR) is 89.8 cm³/mol. The predicted octanol–water partition coefficient (Wildman–Crippen LogP) is 5.29. The number of benzene rings is 2. The Labute approximate surface area is 135 Å². The Morgan fingerprint density at radius 1 is 1.05 bits per heavy atom. The lowest BCUT2D eigenvalue weighted by atomic mass is 10.1. The lowest BCUT2D eigenvalue weighted by Crippen LogP contribution is -2.17. The van der Waals surface area contributed by atoms with Crippen LogP contribution in [0.15, 0.2) is 30.3 Å². The van der Waals surface area contributed by atoms with Gasteiger partial charge in [0.15, 0.2) is 0 Å². The molecule has 0 aliphatic rings. The van der Waals surface area contributed by atoms with Crippen molar-refractivity contribution in [1.29, 1.82) is 0 Å². The third kappa shape index (κ3) is 4.13. The number of hydrogen-bond donors (Lipinski definition) is 1. The minimum atomic E-state index is 0.0795. The van der Waals surface area contributed by atoms with Crippen molar-refractivity contribution >= 4 is 23.2 Å². The molecule has 4 heteroatoms.